The zero-order valence-electron chi connectivity index (χ0n) is 12.8. The summed E-state index contributed by atoms with van der Waals surface area (Å²) in [7, 11) is 0. The van der Waals surface area contributed by atoms with Crippen LogP contribution in [0.25, 0.3) is 10.9 Å². The molecule has 122 valence electrons. The summed E-state index contributed by atoms with van der Waals surface area (Å²) in [5.41, 5.74) is 0.505. The van der Waals surface area contributed by atoms with Crippen molar-refractivity contribution in [2.45, 2.75) is 13.8 Å². The SMILES string of the molecule is CC(C)C(=O)NCCNC(=O)c1n[nH]c2ccc([N+](=O)[O-])cc12. The van der Waals surface area contributed by atoms with Crippen molar-refractivity contribution in [1.82, 2.24) is 20.8 Å². The highest BCUT2D eigenvalue weighted by molar-refractivity contribution is 6.05. The van der Waals surface area contributed by atoms with Crippen molar-refractivity contribution in [2.75, 3.05) is 13.1 Å². The van der Waals surface area contributed by atoms with Crippen LogP contribution in [0.5, 0.6) is 0 Å². The number of nitrogens with one attached hydrogen (secondary N) is 3. The van der Waals surface area contributed by atoms with Crippen LogP contribution in [0.15, 0.2) is 18.2 Å². The minimum absolute atomic E-state index is 0.0823. The number of aromatic amines is 1. The molecule has 2 aromatic rings. The lowest BCUT2D eigenvalue weighted by atomic mass is 10.2. The summed E-state index contributed by atoms with van der Waals surface area (Å²) < 4.78 is 0. The molecule has 0 fully saturated rings. The molecule has 1 aromatic heterocycles. The molecule has 0 atom stereocenters. The molecular weight excluding hydrogens is 302 g/mol. The molecule has 9 nitrogen and oxygen atoms in total. The molecule has 0 unspecified atom stereocenters. The van der Waals surface area contributed by atoms with Gasteiger partial charge in [0.2, 0.25) is 5.91 Å². The Morgan fingerprint density at radius 2 is 2.00 bits per heavy atom. The van der Waals surface area contributed by atoms with Crippen LogP contribution in [-0.2, 0) is 4.79 Å². The van der Waals surface area contributed by atoms with Crippen molar-refractivity contribution in [3.8, 4) is 0 Å². The van der Waals surface area contributed by atoms with Gasteiger partial charge in [0.25, 0.3) is 11.6 Å². The van der Waals surface area contributed by atoms with Crippen LogP contribution in [-0.4, -0.2) is 40.0 Å². The highest BCUT2D eigenvalue weighted by Crippen LogP contribution is 2.21. The number of H-pyrrole nitrogens is 1. The first-order chi connectivity index (χ1) is 10.9. The predicted octanol–water partition coefficient (Wildman–Crippen LogP) is 0.973. The Bertz CT molecular complexity index is 753. The molecule has 0 saturated heterocycles. The van der Waals surface area contributed by atoms with E-state index in [4.69, 9.17) is 0 Å². The lowest BCUT2D eigenvalue weighted by molar-refractivity contribution is -0.384. The smallest absolute Gasteiger partial charge is 0.272 e. The van der Waals surface area contributed by atoms with Gasteiger partial charge < -0.3 is 10.6 Å². The number of amides is 2. The fourth-order valence-electron chi connectivity index (χ4n) is 1.94. The molecule has 0 aliphatic carbocycles. The number of fused-ring (bicyclic) bond motifs is 1. The van der Waals surface area contributed by atoms with Crippen molar-refractivity contribution in [3.05, 3.63) is 34.0 Å². The Morgan fingerprint density at radius 3 is 2.65 bits per heavy atom. The molecule has 0 spiro atoms. The minimum atomic E-state index is -0.532. The summed E-state index contributed by atoms with van der Waals surface area (Å²) in [5, 5.41) is 23.0. The number of nitro groups is 1. The van der Waals surface area contributed by atoms with E-state index in [-0.39, 0.29) is 29.8 Å². The maximum atomic E-state index is 12.1. The number of hydrogen-bond acceptors (Lipinski definition) is 5. The van der Waals surface area contributed by atoms with Gasteiger partial charge >= 0.3 is 0 Å². The van der Waals surface area contributed by atoms with Crippen LogP contribution in [0.2, 0.25) is 0 Å². The maximum Gasteiger partial charge on any atom is 0.272 e. The normalized spacial score (nSPS) is 10.7. The number of non-ortho nitro benzene ring substituents is 1. The summed E-state index contributed by atoms with van der Waals surface area (Å²) in [4.78, 5) is 33.8. The molecule has 0 saturated carbocycles. The van der Waals surface area contributed by atoms with Crippen molar-refractivity contribution in [1.29, 1.82) is 0 Å². The summed E-state index contributed by atoms with van der Waals surface area (Å²) in [6.45, 7) is 4.08. The summed E-state index contributed by atoms with van der Waals surface area (Å²) in [6, 6.07) is 4.14. The van der Waals surface area contributed by atoms with Gasteiger partial charge in [-0.05, 0) is 6.07 Å². The Labute approximate surface area is 131 Å². The zero-order chi connectivity index (χ0) is 17.0. The van der Waals surface area contributed by atoms with Crippen molar-refractivity contribution in [3.63, 3.8) is 0 Å². The monoisotopic (exact) mass is 319 g/mol. The second-order valence-corrected chi connectivity index (χ2v) is 5.26. The molecule has 0 aliphatic rings. The number of benzene rings is 1. The number of hydrogen-bond donors (Lipinski definition) is 3. The van der Waals surface area contributed by atoms with E-state index in [1.54, 1.807) is 13.8 Å². The number of carbonyl (C=O) groups excluding carboxylic acids is 2. The Morgan fingerprint density at radius 1 is 1.30 bits per heavy atom. The molecule has 1 aromatic carbocycles. The maximum absolute atomic E-state index is 12.1. The third-order valence-electron chi connectivity index (χ3n) is 3.21. The first kappa shape index (κ1) is 16.4. The minimum Gasteiger partial charge on any atom is -0.354 e. The lowest BCUT2D eigenvalue weighted by Crippen LogP contribution is -2.36. The van der Waals surface area contributed by atoms with Gasteiger partial charge in [-0.3, -0.25) is 24.8 Å². The van der Waals surface area contributed by atoms with Crippen molar-refractivity contribution >= 4 is 28.4 Å². The number of aromatic nitrogens is 2. The highest BCUT2D eigenvalue weighted by atomic mass is 16.6. The van der Waals surface area contributed by atoms with Gasteiger partial charge in [-0.15, -0.1) is 0 Å². The van der Waals surface area contributed by atoms with Crippen molar-refractivity contribution in [2.24, 2.45) is 5.92 Å². The Kier molecular flexibility index (Phi) is 4.89. The number of nitrogens with zero attached hydrogens (tertiary/aromatic N) is 2. The largest absolute Gasteiger partial charge is 0.354 e. The Hall–Kier alpha value is -2.97. The molecule has 1 heterocycles. The molecule has 3 N–H and O–H groups in total. The molecule has 9 heteroatoms. The van der Waals surface area contributed by atoms with Gasteiger partial charge in [0, 0.05) is 36.5 Å². The van der Waals surface area contributed by atoms with Crippen LogP contribution in [0, 0.1) is 16.0 Å². The van der Waals surface area contributed by atoms with Gasteiger partial charge in [-0.25, -0.2) is 0 Å². The van der Waals surface area contributed by atoms with Gasteiger partial charge in [-0.1, -0.05) is 13.8 Å². The Balaban J connectivity index is 2.02. The molecular formula is C14H17N5O4. The van der Waals surface area contributed by atoms with E-state index in [9.17, 15) is 19.7 Å². The number of carbonyl (C=O) groups is 2. The average molecular weight is 319 g/mol. The molecule has 2 amide bonds. The van der Waals surface area contributed by atoms with Gasteiger partial charge in [0.15, 0.2) is 5.69 Å². The van der Waals surface area contributed by atoms with Crippen LogP contribution < -0.4 is 10.6 Å². The second kappa shape index (κ2) is 6.86. The van der Waals surface area contributed by atoms with E-state index in [1.165, 1.54) is 18.2 Å². The van der Waals surface area contributed by atoms with E-state index in [2.05, 4.69) is 20.8 Å². The van der Waals surface area contributed by atoms with E-state index >= 15 is 0 Å². The molecule has 0 aliphatic heterocycles. The fourth-order valence-corrected chi connectivity index (χ4v) is 1.94. The first-order valence-electron chi connectivity index (χ1n) is 7.08. The third-order valence-corrected chi connectivity index (χ3v) is 3.21. The van der Waals surface area contributed by atoms with Crippen LogP contribution in [0.4, 0.5) is 5.69 Å². The predicted molar refractivity (Wildman–Crippen MR) is 82.9 cm³/mol. The lowest BCUT2D eigenvalue weighted by Gasteiger charge is -2.08. The zero-order valence-corrected chi connectivity index (χ0v) is 12.8. The van der Waals surface area contributed by atoms with E-state index in [0.29, 0.717) is 17.4 Å². The molecule has 23 heavy (non-hydrogen) atoms. The second-order valence-electron chi connectivity index (χ2n) is 5.26. The molecule has 0 bridgehead atoms. The summed E-state index contributed by atoms with van der Waals surface area (Å²) >= 11 is 0. The van der Waals surface area contributed by atoms with E-state index < -0.39 is 10.8 Å². The van der Waals surface area contributed by atoms with Gasteiger partial charge in [0.1, 0.15) is 0 Å². The van der Waals surface area contributed by atoms with E-state index in [1.807, 2.05) is 0 Å². The van der Waals surface area contributed by atoms with Crippen LogP contribution in [0.3, 0.4) is 0 Å². The molecule has 0 radical (unpaired) electrons. The summed E-state index contributed by atoms with van der Waals surface area (Å²) in [5.74, 6) is -0.683. The van der Waals surface area contributed by atoms with Gasteiger partial charge in [0.05, 0.1) is 10.4 Å². The topological polar surface area (TPSA) is 130 Å². The van der Waals surface area contributed by atoms with Crippen molar-refractivity contribution < 1.29 is 14.5 Å². The average Bonchev–Trinajstić information content (AvgIpc) is 2.93. The fraction of sp³-hybridized carbons (Fsp3) is 0.357. The highest BCUT2D eigenvalue weighted by Gasteiger charge is 2.17. The quantitative estimate of drug-likeness (QED) is 0.415. The number of nitro benzene ring substituents is 1. The van der Waals surface area contributed by atoms with Crippen LogP contribution >= 0.6 is 0 Å². The first-order valence-corrected chi connectivity index (χ1v) is 7.08. The number of rotatable bonds is 6. The summed E-state index contributed by atoms with van der Waals surface area (Å²) in [6.07, 6.45) is 0. The standard InChI is InChI=1S/C14H17N5O4/c1-8(2)13(20)15-5-6-16-14(21)12-10-7-9(19(22)23)3-4-11(10)17-18-12/h3-4,7-8H,5-6H2,1-2H3,(H,15,20)(H,16,21)(H,17,18). The van der Waals surface area contributed by atoms with Crippen LogP contribution in [0.1, 0.15) is 24.3 Å². The van der Waals surface area contributed by atoms with Gasteiger partial charge in [-0.2, -0.15) is 5.10 Å². The third kappa shape index (κ3) is 3.82. The van der Waals surface area contributed by atoms with E-state index in [0.717, 1.165) is 0 Å². The molecule has 2 rings (SSSR count).